The molecule has 0 radical (unpaired) electrons. The van der Waals surface area contributed by atoms with E-state index in [0.717, 1.165) is 35.9 Å². The standard InChI is InChI=1S/C13H23N3O/c1-7-8-14-11-9(2)10(3)15-12(16-11)13(4,5)17-6/h7-8H2,1-6H3,(H,14,15,16). The summed E-state index contributed by atoms with van der Waals surface area (Å²) in [5.41, 5.74) is 1.65. The minimum Gasteiger partial charge on any atom is -0.371 e. The van der Waals surface area contributed by atoms with Crippen LogP contribution in [0.15, 0.2) is 0 Å². The third-order valence-electron chi connectivity index (χ3n) is 2.98. The smallest absolute Gasteiger partial charge is 0.162 e. The van der Waals surface area contributed by atoms with Crippen LogP contribution in [0.1, 0.15) is 44.3 Å². The second kappa shape index (κ2) is 5.45. The molecule has 0 aromatic carbocycles. The zero-order chi connectivity index (χ0) is 13.1. The molecule has 0 saturated carbocycles. The highest BCUT2D eigenvalue weighted by Crippen LogP contribution is 2.24. The van der Waals surface area contributed by atoms with E-state index in [4.69, 9.17) is 4.74 Å². The van der Waals surface area contributed by atoms with Crippen LogP contribution in [0.4, 0.5) is 5.82 Å². The summed E-state index contributed by atoms with van der Waals surface area (Å²) in [6, 6.07) is 0. The molecule has 1 N–H and O–H groups in total. The molecule has 0 spiro atoms. The van der Waals surface area contributed by atoms with Gasteiger partial charge in [-0.05, 0) is 34.1 Å². The summed E-state index contributed by atoms with van der Waals surface area (Å²) < 4.78 is 5.43. The number of nitrogens with zero attached hydrogens (tertiary/aromatic N) is 2. The molecule has 0 amide bonds. The molecule has 4 heteroatoms. The Hall–Kier alpha value is -1.16. The molecule has 0 aliphatic carbocycles. The first kappa shape index (κ1) is 13.9. The average molecular weight is 237 g/mol. The van der Waals surface area contributed by atoms with Crippen molar-refractivity contribution in [2.45, 2.75) is 46.6 Å². The van der Waals surface area contributed by atoms with E-state index in [1.165, 1.54) is 0 Å². The van der Waals surface area contributed by atoms with Crippen molar-refractivity contribution in [3.63, 3.8) is 0 Å². The summed E-state index contributed by atoms with van der Waals surface area (Å²) in [5.74, 6) is 1.64. The van der Waals surface area contributed by atoms with Crippen molar-refractivity contribution in [1.82, 2.24) is 9.97 Å². The van der Waals surface area contributed by atoms with Crippen molar-refractivity contribution in [1.29, 1.82) is 0 Å². The van der Waals surface area contributed by atoms with Crippen LogP contribution in [0, 0.1) is 13.8 Å². The topological polar surface area (TPSA) is 47.0 Å². The van der Waals surface area contributed by atoms with Crippen LogP contribution < -0.4 is 5.32 Å². The first-order valence-corrected chi connectivity index (χ1v) is 6.07. The van der Waals surface area contributed by atoms with E-state index in [1.54, 1.807) is 7.11 Å². The molecular formula is C13H23N3O. The summed E-state index contributed by atoms with van der Waals surface area (Å²) in [4.78, 5) is 9.07. The third-order valence-corrected chi connectivity index (χ3v) is 2.98. The van der Waals surface area contributed by atoms with Crippen LogP contribution in [0.5, 0.6) is 0 Å². The highest BCUT2D eigenvalue weighted by molar-refractivity contribution is 5.45. The molecule has 4 nitrogen and oxygen atoms in total. The minimum atomic E-state index is -0.457. The largest absolute Gasteiger partial charge is 0.371 e. The van der Waals surface area contributed by atoms with E-state index in [-0.39, 0.29) is 0 Å². The van der Waals surface area contributed by atoms with E-state index in [9.17, 15) is 0 Å². The van der Waals surface area contributed by atoms with E-state index < -0.39 is 5.60 Å². The predicted octanol–water partition coefficient (Wildman–Crippen LogP) is 2.80. The SMILES string of the molecule is CCCNc1nc(C(C)(C)OC)nc(C)c1C. The Morgan fingerprint density at radius 1 is 1.24 bits per heavy atom. The van der Waals surface area contributed by atoms with Gasteiger partial charge < -0.3 is 10.1 Å². The van der Waals surface area contributed by atoms with Gasteiger partial charge in [-0.1, -0.05) is 6.92 Å². The minimum absolute atomic E-state index is 0.457. The van der Waals surface area contributed by atoms with Gasteiger partial charge in [-0.3, -0.25) is 0 Å². The van der Waals surface area contributed by atoms with Crippen molar-refractivity contribution in [2.24, 2.45) is 0 Å². The van der Waals surface area contributed by atoms with Gasteiger partial charge >= 0.3 is 0 Å². The van der Waals surface area contributed by atoms with E-state index in [0.29, 0.717) is 0 Å². The number of rotatable bonds is 5. The van der Waals surface area contributed by atoms with Gasteiger partial charge in [-0.25, -0.2) is 9.97 Å². The van der Waals surface area contributed by atoms with Crippen LogP contribution in [0.3, 0.4) is 0 Å². The Morgan fingerprint density at radius 2 is 1.88 bits per heavy atom. The zero-order valence-electron chi connectivity index (χ0n) is 11.7. The number of ether oxygens (including phenoxy) is 1. The van der Waals surface area contributed by atoms with Crippen LogP contribution in [-0.2, 0) is 10.3 Å². The molecule has 0 bridgehead atoms. The van der Waals surface area contributed by atoms with Gasteiger partial charge in [-0.2, -0.15) is 0 Å². The normalized spacial score (nSPS) is 11.6. The Morgan fingerprint density at radius 3 is 2.41 bits per heavy atom. The Balaban J connectivity index is 3.14. The Kier molecular flexibility index (Phi) is 4.46. The van der Waals surface area contributed by atoms with Crippen LogP contribution in [0.2, 0.25) is 0 Å². The van der Waals surface area contributed by atoms with Crippen molar-refractivity contribution in [3.05, 3.63) is 17.1 Å². The van der Waals surface area contributed by atoms with Crippen molar-refractivity contribution in [3.8, 4) is 0 Å². The third kappa shape index (κ3) is 3.16. The molecule has 0 unspecified atom stereocenters. The number of aromatic nitrogens is 2. The molecule has 0 fully saturated rings. The maximum atomic E-state index is 5.43. The van der Waals surface area contributed by atoms with Gasteiger partial charge in [0.1, 0.15) is 11.4 Å². The van der Waals surface area contributed by atoms with Crippen LogP contribution in [-0.4, -0.2) is 23.6 Å². The van der Waals surface area contributed by atoms with Crippen molar-refractivity contribution >= 4 is 5.82 Å². The van der Waals surface area contributed by atoms with E-state index >= 15 is 0 Å². The van der Waals surface area contributed by atoms with Gasteiger partial charge in [0.05, 0.1) is 0 Å². The molecule has 0 atom stereocenters. The van der Waals surface area contributed by atoms with Gasteiger partial charge in [-0.15, -0.1) is 0 Å². The van der Waals surface area contributed by atoms with Crippen LogP contribution >= 0.6 is 0 Å². The number of anilines is 1. The number of methoxy groups -OCH3 is 1. The molecule has 1 heterocycles. The lowest BCUT2D eigenvalue weighted by molar-refractivity contribution is 0.0114. The van der Waals surface area contributed by atoms with E-state index in [1.807, 2.05) is 27.7 Å². The second-order valence-electron chi connectivity index (χ2n) is 4.75. The maximum Gasteiger partial charge on any atom is 0.162 e. The Bertz CT molecular complexity index is 388. The first-order valence-electron chi connectivity index (χ1n) is 6.07. The van der Waals surface area contributed by atoms with E-state index in [2.05, 4.69) is 22.2 Å². The molecule has 0 aliphatic heterocycles. The van der Waals surface area contributed by atoms with Crippen molar-refractivity contribution < 1.29 is 4.74 Å². The summed E-state index contributed by atoms with van der Waals surface area (Å²) in [6.07, 6.45) is 1.07. The highest BCUT2D eigenvalue weighted by Gasteiger charge is 2.24. The lowest BCUT2D eigenvalue weighted by Crippen LogP contribution is -2.24. The molecule has 1 aromatic rings. The summed E-state index contributed by atoms with van der Waals surface area (Å²) in [7, 11) is 1.68. The van der Waals surface area contributed by atoms with Gasteiger partial charge in [0.25, 0.3) is 0 Å². The summed E-state index contributed by atoms with van der Waals surface area (Å²) in [5, 5.41) is 3.33. The van der Waals surface area contributed by atoms with Gasteiger partial charge in [0, 0.05) is 24.9 Å². The van der Waals surface area contributed by atoms with Gasteiger partial charge in [0.15, 0.2) is 5.82 Å². The summed E-state index contributed by atoms with van der Waals surface area (Å²) in [6.45, 7) is 11.0. The number of hydrogen-bond donors (Lipinski definition) is 1. The van der Waals surface area contributed by atoms with Crippen LogP contribution in [0.25, 0.3) is 0 Å². The first-order chi connectivity index (χ1) is 7.92. The number of hydrogen-bond acceptors (Lipinski definition) is 4. The Labute approximate surface area is 104 Å². The quantitative estimate of drug-likeness (QED) is 0.855. The second-order valence-corrected chi connectivity index (χ2v) is 4.75. The molecule has 0 aliphatic rings. The average Bonchev–Trinajstić information content (AvgIpc) is 2.30. The molecule has 17 heavy (non-hydrogen) atoms. The lowest BCUT2D eigenvalue weighted by Gasteiger charge is -2.23. The monoisotopic (exact) mass is 237 g/mol. The molecular weight excluding hydrogens is 214 g/mol. The molecule has 1 rings (SSSR count). The lowest BCUT2D eigenvalue weighted by atomic mass is 10.1. The summed E-state index contributed by atoms with van der Waals surface area (Å²) >= 11 is 0. The zero-order valence-corrected chi connectivity index (χ0v) is 11.7. The van der Waals surface area contributed by atoms with Gasteiger partial charge in [0.2, 0.25) is 0 Å². The van der Waals surface area contributed by atoms with Crippen molar-refractivity contribution in [2.75, 3.05) is 19.0 Å². The fourth-order valence-corrected chi connectivity index (χ4v) is 1.40. The number of aryl methyl sites for hydroxylation is 1. The fourth-order valence-electron chi connectivity index (χ4n) is 1.40. The predicted molar refractivity (Wildman–Crippen MR) is 70.3 cm³/mol. The maximum absolute atomic E-state index is 5.43. The number of nitrogens with one attached hydrogen (secondary N) is 1. The highest BCUT2D eigenvalue weighted by atomic mass is 16.5. The fraction of sp³-hybridized carbons (Fsp3) is 0.692. The molecule has 0 saturated heterocycles. The molecule has 1 aromatic heterocycles. The molecule has 96 valence electrons.